The molecule has 2 aliphatic rings. The summed E-state index contributed by atoms with van der Waals surface area (Å²) in [5.41, 5.74) is 1.28. The number of nitrogens with one attached hydrogen (secondary N) is 1. The largest absolute Gasteiger partial charge is 0.497 e. The van der Waals surface area contributed by atoms with Crippen molar-refractivity contribution in [2.45, 2.75) is 81.8 Å². The van der Waals surface area contributed by atoms with Crippen molar-refractivity contribution in [1.82, 2.24) is 19.4 Å². The SMILES string of the molecule is COc1cc(C)c(S(=O)(=O)N(C)CCC(=O)NC2CCN(C3CCC(N(C)C)CC3)CC2)c(C)c1. The molecular weight excluding hydrogens is 464 g/mol. The number of carbonyl (C=O) groups is 1. The van der Waals surface area contributed by atoms with Gasteiger partial charge in [-0.15, -0.1) is 0 Å². The summed E-state index contributed by atoms with van der Waals surface area (Å²) in [5.74, 6) is 0.549. The fourth-order valence-corrected chi connectivity index (χ4v) is 7.19. The summed E-state index contributed by atoms with van der Waals surface area (Å²) in [6.45, 7) is 5.72. The summed E-state index contributed by atoms with van der Waals surface area (Å²) >= 11 is 0. The highest BCUT2D eigenvalue weighted by Crippen LogP contribution is 2.29. The van der Waals surface area contributed by atoms with Gasteiger partial charge in [0.05, 0.1) is 12.0 Å². The van der Waals surface area contributed by atoms with E-state index in [4.69, 9.17) is 4.74 Å². The number of aryl methyl sites for hydroxylation is 2. The third kappa shape index (κ3) is 6.96. The van der Waals surface area contributed by atoms with E-state index in [0.717, 1.165) is 25.9 Å². The van der Waals surface area contributed by atoms with Crippen LogP contribution in [0.5, 0.6) is 5.75 Å². The number of piperidine rings is 1. The van der Waals surface area contributed by atoms with Crippen LogP contribution in [0.25, 0.3) is 0 Å². The number of hydrogen-bond donors (Lipinski definition) is 1. The van der Waals surface area contributed by atoms with Crippen LogP contribution in [-0.2, 0) is 14.8 Å². The number of benzene rings is 1. The zero-order chi connectivity index (χ0) is 25.8. The minimum Gasteiger partial charge on any atom is -0.497 e. The second-order valence-electron chi connectivity index (χ2n) is 10.5. The Morgan fingerprint density at radius 3 is 2.11 bits per heavy atom. The van der Waals surface area contributed by atoms with E-state index in [2.05, 4.69) is 29.2 Å². The number of amides is 1. The van der Waals surface area contributed by atoms with Crippen LogP contribution in [0.4, 0.5) is 0 Å². The van der Waals surface area contributed by atoms with Crippen LogP contribution in [0.2, 0.25) is 0 Å². The van der Waals surface area contributed by atoms with Gasteiger partial charge in [-0.1, -0.05) is 0 Å². The maximum Gasteiger partial charge on any atom is 0.243 e. The van der Waals surface area contributed by atoms with Crippen molar-refractivity contribution in [2.24, 2.45) is 0 Å². The standard InChI is InChI=1S/C26H44N4O4S/c1-19-17-24(34-6)18-20(2)26(19)35(32,33)29(5)14-13-25(31)27-21-11-15-30(16-12-21)23-9-7-22(8-10-23)28(3)4/h17-18,21-23H,7-16H2,1-6H3,(H,27,31). The Bertz CT molecular complexity index is 943. The van der Waals surface area contributed by atoms with Crippen molar-refractivity contribution in [3.8, 4) is 5.75 Å². The lowest BCUT2D eigenvalue weighted by atomic mass is 9.88. The Morgan fingerprint density at radius 1 is 1.03 bits per heavy atom. The zero-order valence-corrected chi connectivity index (χ0v) is 23.2. The number of likely N-dealkylation sites (tertiary alicyclic amines) is 1. The molecule has 1 amide bonds. The maximum absolute atomic E-state index is 13.2. The molecule has 3 rings (SSSR count). The van der Waals surface area contributed by atoms with Gasteiger partial charge in [0, 0.05) is 51.2 Å². The molecule has 0 unspecified atom stereocenters. The number of nitrogens with zero attached hydrogens (tertiary/aromatic N) is 3. The first kappa shape index (κ1) is 27.9. The molecule has 35 heavy (non-hydrogen) atoms. The van der Waals surface area contributed by atoms with E-state index < -0.39 is 10.0 Å². The predicted molar refractivity (Wildman–Crippen MR) is 139 cm³/mol. The molecule has 1 aromatic rings. The summed E-state index contributed by atoms with van der Waals surface area (Å²) in [7, 11) is 3.75. The van der Waals surface area contributed by atoms with Gasteiger partial charge < -0.3 is 19.9 Å². The van der Waals surface area contributed by atoms with Gasteiger partial charge in [-0.2, -0.15) is 0 Å². The van der Waals surface area contributed by atoms with E-state index in [1.54, 1.807) is 33.1 Å². The molecule has 1 N–H and O–H groups in total. The predicted octanol–water partition coefficient (Wildman–Crippen LogP) is 2.78. The number of hydrogen-bond acceptors (Lipinski definition) is 6. The van der Waals surface area contributed by atoms with Crippen molar-refractivity contribution in [2.75, 3.05) is 47.9 Å². The Labute approximate surface area is 212 Å². The van der Waals surface area contributed by atoms with E-state index in [-0.39, 0.29) is 29.8 Å². The highest BCUT2D eigenvalue weighted by atomic mass is 32.2. The maximum atomic E-state index is 13.2. The third-order valence-electron chi connectivity index (χ3n) is 7.80. The number of sulfonamides is 1. The fraction of sp³-hybridized carbons (Fsp3) is 0.731. The molecule has 0 aromatic heterocycles. The molecule has 0 spiro atoms. The third-order valence-corrected chi connectivity index (χ3v) is 9.96. The molecule has 198 valence electrons. The molecule has 1 heterocycles. The molecule has 0 bridgehead atoms. The smallest absolute Gasteiger partial charge is 0.243 e. The molecule has 2 fully saturated rings. The van der Waals surface area contributed by atoms with E-state index in [1.165, 1.54) is 37.0 Å². The van der Waals surface area contributed by atoms with Gasteiger partial charge in [0.25, 0.3) is 0 Å². The first-order chi connectivity index (χ1) is 16.5. The molecule has 1 saturated heterocycles. The lowest BCUT2D eigenvalue weighted by Gasteiger charge is -2.42. The lowest BCUT2D eigenvalue weighted by Crippen LogP contribution is -2.50. The van der Waals surface area contributed by atoms with E-state index in [0.29, 0.717) is 29.0 Å². The van der Waals surface area contributed by atoms with Crippen LogP contribution >= 0.6 is 0 Å². The normalized spacial score (nSPS) is 22.5. The Balaban J connectivity index is 1.44. The lowest BCUT2D eigenvalue weighted by molar-refractivity contribution is -0.122. The van der Waals surface area contributed by atoms with Crippen LogP contribution in [0.1, 0.15) is 56.1 Å². The molecular formula is C26H44N4O4S. The molecule has 1 aliphatic carbocycles. The van der Waals surface area contributed by atoms with E-state index in [1.807, 2.05) is 0 Å². The van der Waals surface area contributed by atoms with Gasteiger partial charge in [0.15, 0.2) is 0 Å². The van der Waals surface area contributed by atoms with Gasteiger partial charge in [0.2, 0.25) is 15.9 Å². The second kappa shape index (κ2) is 12.0. The molecule has 9 heteroatoms. The van der Waals surface area contributed by atoms with Crippen molar-refractivity contribution in [1.29, 1.82) is 0 Å². The summed E-state index contributed by atoms with van der Waals surface area (Å²) in [4.78, 5) is 17.9. The van der Waals surface area contributed by atoms with Crippen LogP contribution < -0.4 is 10.1 Å². The summed E-state index contributed by atoms with van der Waals surface area (Å²) in [6.07, 6.45) is 7.11. The first-order valence-electron chi connectivity index (χ1n) is 12.8. The van der Waals surface area contributed by atoms with Gasteiger partial charge in [-0.25, -0.2) is 12.7 Å². The minimum absolute atomic E-state index is 0.0832. The van der Waals surface area contributed by atoms with E-state index >= 15 is 0 Å². The quantitative estimate of drug-likeness (QED) is 0.552. The van der Waals surface area contributed by atoms with Crippen LogP contribution in [0.3, 0.4) is 0 Å². The molecule has 0 radical (unpaired) electrons. The van der Waals surface area contributed by atoms with Gasteiger partial charge in [0.1, 0.15) is 5.75 Å². The Hall–Kier alpha value is -1.68. The summed E-state index contributed by atoms with van der Waals surface area (Å²) < 4.78 is 32.9. The van der Waals surface area contributed by atoms with Crippen molar-refractivity contribution in [3.63, 3.8) is 0 Å². The molecule has 1 saturated carbocycles. The minimum atomic E-state index is -3.70. The molecule has 1 aromatic carbocycles. The zero-order valence-electron chi connectivity index (χ0n) is 22.3. The average Bonchev–Trinajstić information content (AvgIpc) is 2.82. The number of ether oxygens (including phenoxy) is 1. The molecule has 1 aliphatic heterocycles. The number of rotatable bonds is 9. The number of carbonyl (C=O) groups excluding carboxylic acids is 1. The topological polar surface area (TPSA) is 82.2 Å². The van der Waals surface area contributed by atoms with Crippen molar-refractivity contribution >= 4 is 15.9 Å². The first-order valence-corrected chi connectivity index (χ1v) is 14.3. The summed E-state index contributed by atoms with van der Waals surface area (Å²) in [5, 5.41) is 3.14. The van der Waals surface area contributed by atoms with Crippen LogP contribution in [0.15, 0.2) is 17.0 Å². The molecule has 0 atom stereocenters. The van der Waals surface area contributed by atoms with Crippen molar-refractivity contribution < 1.29 is 17.9 Å². The van der Waals surface area contributed by atoms with Crippen molar-refractivity contribution in [3.05, 3.63) is 23.3 Å². The fourth-order valence-electron chi connectivity index (χ4n) is 5.62. The monoisotopic (exact) mass is 508 g/mol. The van der Waals surface area contributed by atoms with Crippen LogP contribution in [-0.4, -0.2) is 94.4 Å². The van der Waals surface area contributed by atoms with Gasteiger partial charge in [-0.3, -0.25) is 4.79 Å². The summed E-state index contributed by atoms with van der Waals surface area (Å²) in [6, 6.07) is 5.00. The highest BCUT2D eigenvalue weighted by Gasteiger charge is 2.30. The van der Waals surface area contributed by atoms with Crippen LogP contribution in [0, 0.1) is 13.8 Å². The number of methoxy groups -OCH3 is 1. The highest BCUT2D eigenvalue weighted by molar-refractivity contribution is 7.89. The van der Waals surface area contributed by atoms with Gasteiger partial charge >= 0.3 is 0 Å². The Kier molecular flexibility index (Phi) is 9.60. The van der Waals surface area contributed by atoms with E-state index in [9.17, 15) is 13.2 Å². The second-order valence-corrected chi connectivity index (χ2v) is 12.5. The van der Waals surface area contributed by atoms with Gasteiger partial charge in [-0.05, 0) is 89.7 Å². The average molecular weight is 509 g/mol. The Morgan fingerprint density at radius 2 is 1.60 bits per heavy atom. The molecule has 8 nitrogen and oxygen atoms in total.